The number of carbonyl (C=O) groups is 1. The van der Waals surface area contributed by atoms with Gasteiger partial charge in [0.1, 0.15) is 5.75 Å². The molecule has 0 spiro atoms. The molecule has 0 saturated heterocycles. The van der Waals surface area contributed by atoms with Crippen molar-refractivity contribution in [2.45, 2.75) is 26.7 Å². The number of para-hydroxylation sites is 1. The molecule has 4 heteroatoms. The van der Waals surface area contributed by atoms with E-state index in [4.69, 9.17) is 4.74 Å². The fraction of sp³-hybridized carbons (Fsp3) is 0.278. The van der Waals surface area contributed by atoms with Crippen molar-refractivity contribution in [3.63, 3.8) is 0 Å². The van der Waals surface area contributed by atoms with Gasteiger partial charge in [0.2, 0.25) is 0 Å². The van der Waals surface area contributed by atoms with Gasteiger partial charge in [-0.05, 0) is 42.2 Å². The lowest BCUT2D eigenvalue weighted by molar-refractivity contribution is 0.262. The van der Waals surface area contributed by atoms with Crippen LogP contribution in [0.25, 0.3) is 0 Å². The predicted octanol–water partition coefficient (Wildman–Crippen LogP) is 4.77. The number of aryl methyl sites for hydroxylation is 1. The number of amides is 2. The van der Waals surface area contributed by atoms with Gasteiger partial charge in [0.25, 0.3) is 0 Å². The second-order valence-corrected chi connectivity index (χ2v) is 5.52. The number of rotatable bonds is 4. The zero-order chi connectivity index (χ0) is 16.1. The number of nitrogens with one attached hydrogen (secondary N) is 2. The Labute approximate surface area is 131 Å². The predicted molar refractivity (Wildman–Crippen MR) is 90.9 cm³/mol. The Kier molecular flexibility index (Phi) is 5.04. The minimum absolute atomic E-state index is 0.281. The molecular formula is C18H22N2O2. The number of hydrogen-bond acceptors (Lipinski definition) is 2. The van der Waals surface area contributed by atoms with Crippen LogP contribution in [0.2, 0.25) is 0 Å². The molecule has 0 heterocycles. The highest BCUT2D eigenvalue weighted by atomic mass is 16.5. The maximum absolute atomic E-state index is 12.3. The van der Waals surface area contributed by atoms with Crippen LogP contribution in [-0.2, 0) is 0 Å². The molecule has 0 atom stereocenters. The number of benzene rings is 2. The maximum Gasteiger partial charge on any atom is 0.323 e. The van der Waals surface area contributed by atoms with E-state index >= 15 is 0 Å². The lowest BCUT2D eigenvalue weighted by atomic mass is 10.0. The van der Waals surface area contributed by atoms with Crippen LogP contribution in [0.4, 0.5) is 16.2 Å². The first-order valence-corrected chi connectivity index (χ1v) is 7.33. The van der Waals surface area contributed by atoms with E-state index in [1.165, 1.54) is 0 Å². The van der Waals surface area contributed by atoms with Crippen LogP contribution in [0, 0.1) is 6.92 Å². The smallest absolute Gasteiger partial charge is 0.323 e. The number of anilines is 2. The Balaban J connectivity index is 2.16. The topological polar surface area (TPSA) is 50.4 Å². The van der Waals surface area contributed by atoms with Crippen molar-refractivity contribution in [3.8, 4) is 5.75 Å². The Morgan fingerprint density at radius 3 is 2.41 bits per heavy atom. The van der Waals surface area contributed by atoms with E-state index in [0.29, 0.717) is 17.4 Å². The minimum Gasteiger partial charge on any atom is -0.495 e. The van der Waals surface area contributed by atoms with E-state index in [2.05, 4.69) is 24.5 Å². The third-order valence-electron chi connectivity index (χ3n) is 3.43. The van der Waals surface area contributed by atoms with E-state index in [-0.39, 0.29) is 6.03 Å². The van der Waals surface area contributed by atoms with Gasteiger partial charge < -0.3 is 15.4 Å². The van der Waals surface area contributed by atoms with Crippen molar-refractivity contribution in [2.75, 3.05) is 17.7 Å². The number of carbonyl (C=O) groups excluding carboxylic acids is 1. The van der Waals surface area contributed by atoms with Gasteiger partial charge in [0, 0.05) is 5.69 Å². The summed E-state index contributed by atoms with van der Waals surface area (Å²) in [5.41, 5.74) is 3.64. The van der Waals surface area contributed by atoms with Gasteiger partial charge in [-0.15, -0.1) is 0 Å². The van der Waals surface area contributed by atoms with Crippen molar-refractivity contribution in [1.82, 2.24) is 0 Å². The molecule has 4 nitrogen and oxygen atoms in total. The van der Waals surface area contributed by atoms with E-state index in [9.17, 15) is 4.79 Å². The van der Waals surface area contributed by atoms with Gasteiger partial charge in [-0.3, -0.25) is 0 Å². The fourth-order valence-electron chi connectivity index (χ4n) is 2.31. The zero-order valence-corrected chi connectivity index (χ0v) is 13.4. The summed E-state index contributed by atoms with van der Waals surface area (Å²) in [6.07, 6.45) is 0. The molecule has 2 aromatic carbocycles. The molecule has 0 bridgehead atoms. The summed E-state index contributed by atoms with van der Waals surface area (Å²) in [6, 6.07) is 13.2. The van der Waals surface area contributed by atoms with Crippen molar-refractivity contribution in [2.24, 2.45) is 0 Å². The molecule has 0 fully saturated rings. The first-order valence-electron chi connectivity index (χ1n) is 7.33. The molecular weight excluding hydrogens is 276 g/mol. The van der Waals surface area contributed by atoms with Gasteiger partial charge in [0.15, 0.2) is 0 Å². The SMILES string of the molecule is COc1ccc(C)cc1NC(=O)Nc1ccccc1C(C)C. The second kappa shape index (κ2) is 6.98. The standard InChI is InChI=1S/C18H22N2O2/c1-12(2)14-7-5-6-8-15(14)19-18(21)20-16-11-13(3)9-10-17(16)22-4/h5-12H,1-4H3,(H2,19,20,21). The molecule has 0 unspecified atom stereocenters. The molecule has 0 aromatic heterocycles. The molecule has 0 aliphatic rings. The molecule has 0 aliphatic heterocycles. The van der Waals surface area contributed by atoms with Crippen molar-refractivity contribution >= 4 is 17.4 Å². The van der Waals surface area contributed by atoms with E-state index in [0.717, 1.165) is 16.8 Å². The molecule has 2 N–H and O–H groups in total. The molecule has 22 heavy (non-hydrogen) atoms. The van der Waals surface area contributed by atoms with Crippen LogP contribution in [0.15, 0.2) is 42.5 Å². The molecule has 116 valence electrons. The molecule has 0 saturated carbocycles. The molecule has 2 aromatic rings. The van der Waals surface area contributed by atoms with Gasteiger partial charge in [0.05, 0.1) is 12.8 Å². The Bertz CT molecular complexity index is 666. The summed E-state index contributed by atoms with van der Waals surface area (Å²) < 4.78 is 5.27. The molecule has 2 amide bonds. The van der Waals surface area contributed by atoms with E-state index < -0.39 is 0 Å². The number of urea groups is 1. The third kappa shape index (κ3) is 3.79. The average Bonchev–Trinajstić information content (AvgIpc) is 2.47. The van der Waals surface area contributed by atoms with Gasteiger partial charge in [-0.1, -0.05) is 38.1 Å². The first kappa shape index (κ1) is 15.9. The van der Waals surface area contributed by atoms with Crippen molar-refractivity contribution in [3.05, 3.63) is 53.6 Å². The van der Waals surface area contributed by atoms with Gasteiger partial charge in [-0.2, -0.15) is 0 Å². The number of ether oxygens (including phenoxy) is 1. The first-order chi connectivity index (χ1) is 10.5. The summed E-state index contributed by atoms with van der Waals surface area (Å²) in [4.78, 5) is 12.3. The third-order valence-corrected chi connectivity index (χ3v) is 3.43. The van der Waals surface area contributed by atoms with Crippen LogP contribution in [0.3, 0.4) is 0 Å². The molecule has 0 aliphatic carbocycles. The summed E-state index contributed by atoms with van der Waals surface area (Å²) in [5, 5.41) is 5.75. The second-order valence-electron chi connectivity index (χ2n) is 5.52. The molecule has 2 rings (SSSR count). The highest BCUT2D eigenvalue weighted by Crippen LogP contribution is 2.27. The summed E-state index contributed by atoms with van der Waals surface area (Å²) in [6.45, 7) is 6.17. The summed E-state index contributed by atoms with van der Waals surface area (Å²) in [5.74, 6) is 0.975. The molecule has 0 radical (unpaired) electrons. The van der Waals surface area contributed by atoms with E-state index in [1.807, 2.05) is 49.4 Å². The fourth-order valence-corrected chi connectivity index (χ4v) is 2.31. The Hall–Kier alpha value is -2.49. The number of methoxy groups -OCH3 is 1. The van der Waals surface area contributed by atoms with Crippen LogP contribution >= 0.6 is 0 Å². The number of hydrogen-bond donors (Lipinski definition) is 2. The lowest BCUT2D eigenvalue weighted by Gasteiger charge is -2.15. The Morgan fingerprint density at radius 2 is 1.73 bits per heavy atom. The summed E-state index contributed by atoms with van der Waals surface area (Å²) >= 11 is 0. The zero-order valence-electron chi connectivity index (χ0n) is 13.4. The largest absolute Gasteiger partial charge is 0.495 e. The van der Waals surface area contributed by atoms with Gasteiger partial charge in [-0.25, -0.2) is 4.79 Å². The lowest BCUT2D eigenvalue weighted by Crippen LogP contribution is -2.20. The van der Waals surface area contributed by atoms with Crippen LogP contribution < -0.4 is 15.4 Å². The van der Waals surface area contributed by atoms with Crippen LogP contribution in [0.1, 0.15) is 30.9 Å². The maximum atomic E-state index is 12.3. The van der Waals surface area contributed by atoms with Gasteiger partial charge >= 0.3 is 6.03 Å². The normalized spacial score (nSPS) is 10.4. The minimum atomic E-state index is -0.281. The van der Waals surface area contributed by atoms with Crippen LogP contribution in [0.5, 0.6) is 5.75 Å². The summed E-state index contributed by atoms with van der Waals surface area (Å²) in [7, 11) is 1.59. The highest BCUT2D eigenvalue weighted by molar-refractivity contribution is 6.01. The highest BCUT2D eigenvalue weighted by Gasteiger charge is 2.11. The average molecular weight is 298 g/mol. The van der Waals surface area contributed by atoms with E-state index in [1.54, 1.807) is 7.11 Å². The van der Waals surface area contributed by atoms with Crippen molar-refractivity contribution in [1.29, 1.82) is 0 Å². The Morgan fingerprint density at radius 1 is 1.05 bits per heavy atom. The van der Waals surface area contributed by atoms with Crippen LogP contribution in [-0.4, -0.2) is 13.1 Å². The van der Waals surface area contributed by atoms with Crippen molar-refractivity contribution < 1.29 is 9.53 Å². The quantitative estimate of drug-likeness (QED) is 0.854. The monoisotopic (exact) mass is 298 g/mol.